The molecule has 1 N–H and O–H groups in total. The van der Waals surface area contributed by atoms with Crippen LogP contribution in [0.25, 0.3) is 10.6 Å². The molecule has 0 fully saturated rings. The van der Waals surface area contributed by atoms with E-state index < -0.39 is 0 Å². The van der Waals surface area contributed by atoms with E-state index in [4.69, 9.17) is 0 Å². The van der Waals surface area contributed by atoms with Crippen LogP contribution in [0.1, 0.15) is 11.3 Å². The number of anilines is 1. The molecule has 0 radical (unpaired) electrons. The van der Waals surface area contributed by atoms with Gasteiger partial charge in [0.2, 0.25) is 11.8 Å². The fraction of sp³-hybridized carbons (Fsp3) is 0.211. The number of rotatable bonds is 6. The van der Waals surface area contributed by atoms with Gasteiger partial charge in [-0.05, 0) is 42.1 Å². The van der Waals surface area contributed by atoms with Crippen LogP contribution in [-0.2, 0) is 16.0 Å². The van der Waals surface area contributed by atoms with E-state index in [0.717, 1.165) is 32.0 Å². The lowest BCUT2D eigenvalue weighted by Crippen LogP contribution is -2.36. The number of aromatic nitrogens is 1. The number of hydrogen-bond donors (Lipinski definition) is 1. The first-order valence-corrected chi connectivity index (χ1v) is 10.8. The lowest BCUT2D eigenvalue weighted by atomic mass is 10.2. The van der Waals surface area contributed by atoms with E-state index in [2.05, 4.69) is 26.2 Å². The molecule has 0 aliphatic carbocycles. The van der Waals surface area contributed by atoms with Crippen molar-refractivity contribution in [3.63, 3.8) is 0 Å². The number of thiazole rings is 1. The van der Waals surface area contributed by atoms with Gasteiger partial charge in [0, 0.05) is 33.5 Å². The molecule has 3 aromatic rings. The summed E-state index contributed by atoms with van der Waals surface area (Å²) in [5, 5.41) is 9.68. The molecular formula is C19H18BrN3O2S2. The Morgan fingerprint density at radius 2 is 2.07 bits per heavy atom. The summed E-state index contributed by atoms with van der Waals surface area (Å²) in [6, 6.07) is 7.64. The van der Waals surface area contributed by atoms with Crippen molar-refractivity contribution in [2.24, 2.45) is 0 Å². The Bertz CT molecular complexity index is 954. The Morgan fingerprint density at radius 1 is 1.26 bits per heavy atom. The number of benzene rings is 1. The summed E-state index contributed by atoms with van der Waals surface area (Å²) in [6.45, 7) is 1.92. The van der Waals surface area contributed by atoms with Crippen LogP contribution in [0.4, 0.5) is 5.69 Å². The molecule has 0 unspecified atom stereocenters. The second kappa shape index (κ2) is 8.77. The van der Waals surface area contributed by atoms with Gasteiger partial charge in [-0.3, -0.25) is 9.59 Å². The maximum absolute atomic E-state index is 12.4. The molecule has 0 spiro atoms. The summed E-state index contributed by atoms with van der Waals surface area (Å²) in [4.78, 5) is 30.6. The zero-order valence-electron chi connectivity index (χ0n) is 14.9. The highest BCUT2D eigenvalue weighted by atomic mass is 79.9. The zero-order valence-corrected chi connectivity index (χ0v) is 18.1. The summed E-state index contributed by atoms with van der Waals surface area (Å²) in [5.41, 5.74) is 3.49. The second-order valence-corrected chi connectivity index (χ2v) is 8.64. The molecule has 0 saturated heterocycles. The average molecular weight is 464 g/mol. The van der Waals surface area contributed by atoms with Gasteiger partial charge in [-0.2, -0.15) is 11.3 Å². The lowest BCUT2D eigenvalue weighted by molar-refractivity contribution is -0.132. The lowest BCUT2D eigenvalue weighted by Gasteiger charge is -2.17. The molecule has 2 aromatic heterocycles. The number of thiophene rings is 1. The first-order chi connectivity index (χ1) is 12.9. The Kier molecular flexibility index (Phi) is 6.41. The highest BCUT2D eigenvalue weighted by Crippen LogP contribution is 2.26. The molecule has 2 heterocycles. The maximum Gasteiger partial charge on any atom is 0.243 e. The predicted molar refractivity (Wildman–Crippen MR) is 114 cm³/mol. The molecule has 27 heavy (non-hydrogen) atoms. The van der Waals surface area contributed by atoms with Crippen molar-refractivity contribution >= 4 is 56.1 Å². The number of carbonyl (C=O) groups excluding carboxylic acids is 2. The number of aryl methyl sites for hydroxylation is 1. The first-order valence-electron chi connectivity index (χ1n) is 8.19. The molecular weight excluding hydrogens is 446 g/mol. The van der Waals surface area contributed by atoms with Crippen LogP contribution in [0, 0.1) is 6.92 Å². The molecule has 0 saturated carbocycles. The van der Waals surface area contributed by atoms with Gasteiger partial charge in [-0.1, -0.05) is 15.9 Å². The highest BCUT2D eigenvalue weighted by molar-refractivity contribution is 9.10. The smallest absolute Gasteiger partial charge is 0.243 e. The summed E-state index contributed by atoms with van der Waals surface area (Å²) >= 11 is 6.53. The van der Waals surface area contributed by atoms with Gasteiger partial charge >= 0.3 is 0 Å². The molecule has 0 aliphatic rings. The van der Waals surface area contributed by atoms with Crippen LogP contribution >= 0.6 is 38.6 Å². The minimum Gasteiger partial charge on any atom is -0.336 e. The summed E-state index contributed by atoms with van der Waals surface area (Å²) in [7, 11) is 1.63. The molecule has 1 aromatic carbocycles. The van der Waals surface area contributed by atoms with Gasteiger partial charge in [0.25, 0.3) is 0 Å². The number of carbonyl (C=O) groups is 2. The molecule has 0 aliphatic heterocycles. The third kappa shape index (κ3) is 5.24. The SMILES string of the molecule is Cc1cc(Br)ccc1NC(=O)CN(C)C(=O)Cc1csc(-c2ccsc2)n1. The number of halogens is 1. The normalized spacial score (nSPS) is 10.6. The summed E-state index contributed by atoms with van der Waals surface area (Å²) in [6.07, 6.45) is 0.182. The number of amides is 2. The van der Waals surface area contributed by atoms with Crippen LogP contribution in [0.5, 0.6) is 0 Å². The van der Waals surface area contributed by atoms with Crippen LogP contribution in [0.3, 0.4) is 0 Å². The Hall–Kier alpha value is -2.03. The number of nitrogens with one attached hydrogen (secondary N) is 1. The van der Waals surface area contributed by atoms with E-state index in [1.165, 1.54) is 16.2 Å². The number of likely N-dealkylation sites (N-methyl/N-ethyl adjacent to an activating group) is 1. The van der Waals surface area contributed by atoms with Crippen LogP contribution in [0.15, 0.2) is 44.9 Å². The fourth-order valence-corrected chi connectivity index (χ4v) is 4.46. The van der Waals surface area contributed by atoms with Crippen molar-refractivity contribution in [3.05, 3.63) is 56.1 Å². The van der Waals surface area contributed by atoms with Gasteiger partial charge in [0.1, 0.15) is 5.01 Å². The molecule has 8 heteroatoms. The summed E-state index contributed by atoms with van der Waals surface area (Å²) < 4.78 is 0.954. The standard InChI is InChI=1S/C19H18BrN3O2S2/c1-12-7-14(20)3-4-16(12)22-17(24)9-23(2)18(25)8-15-11-27-19(21-15)13-5-6-26-10-13/h3-7,10-11H,8-9H2,1-2H3,(H,22,24). The fourth-order valence-electron chi connectivity index (χ4n) is 2.46. The minimum absolute atomic E-state index is 0.00411. The molecule has 0 bridgehead atoms. The van der Waals surface area contributed by atoms with Crippen LogP contribution < -0.4 is 5.32 Å². The summed E-state index contributed by atoms with van der Waals surface area (Å²) in [5.74, 6) is -0.367. The van der Waals surface area contributed by atoms with Gasteiger partial charge in [0.05, 0.1) is 18.7 Å². The van der Waals surface area contributed by atoms with Crippen molar-refractivity contribution in [2.75, 3.05) is 18.9 Å². The van der Waals surface area contributed by atoms with Crippen molar-refractivity contribution in [3.8, 4) is 10.6 Å². The monoisotopic (exact) mass is 463 g/mol. The van der Waals surface area contributed by atoms with Crippen molar-refractivity contribution in [1.29, 1.82) is 0 Å². The van der Waals surface area contributed by atoms with Crippen LogP contribution in [0.2, 0.25) is 0 Å². The topological polar surface area (TPSA) is 62.3 Å². The van der Waals surface area contributed by atoms with E-state index >= 15 is 0 Å². The highest BCUT2D eigenvalue weighted by Gasteiger charge is 2.16. The van der Waals surface area contributed by atoms with Gasteiger partial charge in [-0.25, -0.2) is 4.98 Å². The Morgan fingerprint density at radius 3 is 2.78 bits per heavy atom. The first kappa shape index (κ1) is 19.7. The van der Waals surface area contributed by atoms with Gasteiger partial charge in [0.15, 0.2) is 0 Å². The maximum atomic E-state index is 12.4. The van der Waals surface area contributed by atoms with Gasteiger partial charge in [-0.15, -0.1) is 11.3 Å². The third-order valence-electron chi connectivity index (χ3n) is 3.92. The molecule has 0 atom stereocenters. The van der Waals surface area contributed by atoms with E-state index in [-0.39, 0.29) is 24.8 Å². The van der Waals surface area contributed by atoms with E-state index in [1.807, 2.05) is 47.3 Å². The van der Waals surface area contributed by atoms with E-state index in [0.29, 0.717) is 0 Å². The van der Waals surface area contributed by atoms with Crippen molar-refractivity contribution < 1.29 is 9.59 Å². The Balaban J connectivity index is 1.55. The largest absolute Gasteiger partial charge is 0.336 e. The number of hydrogen-bond acceptors (Lipinski definition) is 5. The van der Waals surface area contributed by atoms with Gasteiger partial charge < -0.3 is 10.2 Å². The van der Waals surface area contributed by atoms with E-state index in [9.17, 15) is 9.59 Å². The molecule has 5 nitrogen and oxygen atoms in total. The third-order valence-corrected chi connectivity index (χ3v) is 6.04. The van der Waals surface area contributed by atoms with E-state index in [1.54, 1.807) is 18.4 Å². The molecule has 3 rings (SSSR count). The zero-order chi connectivity index (χ0) is 19.4. The second-order valence-electron chi connectivity index (χ2n) is 6.09. The predicted octanol–water partition coefficient (Wildman–Crippen LogP) is 4.58. The molecule has 140 valence electrons. The van der Waals surface area contributed by atoms with Crippen molar-refractivity contribution in [1.82, 2.24) is 9.88 Å². The average Bonchev–Trinajstić information content (AvgIpc) is 3.28. The van der Waals surface area contributed by atoms with Crippen LogP contribution in [-0.4, -0.2) is 35.3 Å². The quantitative estimate of drug-likeness (QED) is 0.581. The Labute approximate surface area is 174 Å². The van der Waals surface area contributed by atoms with Crippen molar-refractivity contribution in [2.45, 2.75) is 13.3 Å². The molecule has 2 amide bonds. The minimum atomic E-state index is -0.228. The number of nitrogens with zero attached hydrogens (tertiary/aromatic N) is 2.